The standard InChI is InChI=1S/C17H18O3/c1-11-6-4-7-12(2)16(11)20-17-14(10-18)8-5-9-15(17)13(3)19/h4-10,13,19H,1-3H3. The number of rotatable bonds is 4. The number of aliphatic hydroxyl groups is 1. The minimum Gasteiger partial charge on any atom is -0.456 e. The first-order valence-electron chi connectivity index (χ1n) is 6.54. The van der Waals surface area contributed by atoms with Crippen LogP contribution in [-0.2, 0) is 0 Å². The van der Waals surface area contributed by atoms with Crippen LogP contribution < -0.4 is 4.74 Å². The molecule has 0 aliphatic rings. The number of hydrogen-bond acceptors (Lipinski definition) is 3. The van der Waals surface area contributed by atoms with Gasteiger partial charge < -0.3 is 9.84 Å². The molecule has 0 aliphatic heterocycles. The van der Waals surface area contributed by atoms with Crippen LogP contribution in [0, 0.1) is 13.8 Å². The largest absolute Gasteiger partial charge is 0.456 e. The lowest BCUT2D eigenvalue weighted by atomic mass is 10.0. The molecular weight excluding hydrogens is 252 g/mol. The second-order valence-corrected chi connectivity index (χ2v) is 4.88. The number of carbonyl (C=O) groups excluding carboxylic acids is 1. The van der Waals surface area contributed by atoms with Gasteiger partial charge in [0.05, 0.1) is 11.7 Å². The fraction of sp³-hybridized carbons (Fsp3) is 0.235. The Balaban J connectivity index is 2.55. The first-order valence-corrected chi connectivity index (χ1v) is 6.54. The summed E-state index contributed by atoms with van der Waals surface area (Å²) >= 11 is 0. The molecule has 1 N–H and O–H groups in total. The summed E-state index contributed by atoms with van der Waals surface area (Å²) in [6.07, 6.45) is 0.0451. The summed E-state index contributed by atoms with van der Waals surface area (Å²) in [6.45, 7) is 5.56. The molecule has 2 rings (SSSR count). The number of carbonyl (C=O) groups is 1. The molecule has 0 aromatic heterocycles. The van der Waals surface area contributed by atoms with E-state index in [1.54, 1.807) is 25.1 Å². The highest BCUT2D eigenvalue weighted by Crippen LogP contribution is 2.35. The van der Waals surface area contributed by atoms with Gasteiger partial charge in [0.2, 0.25) is 0 Å². The number of para-hydroxylation sites is 2. The molecule has 1 unspecified atom stereocenters. The van der Waals surface area contributed by atoms with Crippen LogP contribution in [0.4, 0.5) is 0 Å². The first-order chi connectivity index (χ1) is 9.54. The van der Waals surface area contributed by atoms with E-state index < -0.39 is 6.10 Å². The molecule has 0 radical (unpaired) electrons. The van der Waals surface area contributed by atoms with E-state index in [9.17, 15) is 9.90 Å². The molecule has 0 bridgehead atoms. The van der Waals surface area contributed by atoms with Crippen molar-refractivity contribution in [2.45, 2.75) is 26.9 Å². The summed E-state index contributed by atoms with van der Waals surface area (Å²) in [7, 11) is 0. The van der Waals surface area contributed by atoms with Crippen molar-refractivity contribution in [3.8, 4) is 11.5 Å². The van der Waals surface area contributed by atoms with Gasteiger partial charge in [-0.3, -0.25) is 4.79 Å². The Morgan fingerprint density at radius 2 is 1.65 bits per heavy atom. The SMILES string of the molecule is Cc1cccc(C)c1Oc1c(C=O)cccc1C(C)O. The quantitative estimate of drug-likeness (QED) is 0.855. The highest BCUT2D eigenvalue weighted by atomic mass is 16.5. The van der Waals surface area contributed by atoms with Gasteiger partial charge in [0.1, 0.15) is 11.5 Å². The number of ether oxygens (including phenoxy) is 1. The van der Waals surface area contributed by atoms with Crippen molar-refractivity contribution in [3.05, 3.63) is 58.7 Å². The van der Waals surface area contributed by atoms with E-state index in [0.29, 0.717) is 16.9 Å². The second kappa shape index (κ2) is 5.88. The zero-order valence-corrected chi connectivity index (χ0v) is 11.9. The zero-order chi connectivity index (χ0) is 14.7. The summed E-state index contributed by atoms with van der Waals surface area (Å²) in [4.78, 5) is 11.2. The van der Waals surface area contributed by atoms with Gasteiger partial charge in [-0.1, -0.05) is 30.3 Å². The number of benzene rings is 2. The maximum absolute atomic E-state index is 11.2. The van der Waals surface area contributed by atoms with E-state index in [0.717, 1.165) is 23.2 Å². The van der Waals surface area contributed by atoms with E-state index in [1.165, 1.54) is 0 Å². The minimum atomic E-state index is -0.700. The van der Waals surface area contributed by atoms with Crippen molar-refractivity contribution in [3.63, 3.8) is 0 Å². The molecule has 0 heterocycles. The van der Waals surface area contributed by atoms with Crippen LogP contribution in [0.25, 0.3) is 0 Å². The first kappa shape index (κ1) is 14.3. The molecule has 0 spiro atoms. The third-order valence-corrected chi connectivity index (χ3v) is 3.27. The molecular formula is C17H18O3. The molecule has 0 saturated carbocycles. The van der Waals surface area contributed by atoms with E-state index in [-0.39, 0.29) is 0 Å². The van der Waals surface area contributed by atoms with Gasteiger partial charge in [-0.25, -0.2) is 0 Å². The van der Waals surface area contributed by atoms with Crippen molar-refractivity contribution in [1.82, 2.24) is 0 Å². The maximum atomic E-state index is 11.2. The maximum Gasteiger partial charge on any atom is 0.153 e. The lowest BCUT2D eigenvalue weighted by molar-refractivity contribution is 0.112. The van der Waals surface area contributed by atoms with E-state index in [2.05, 4.69) is 0 Å². The Morgan fingerprint density at radius 1 is 1.05 bits per heavy atom. The molecule has 0 amide bonds. The molecule has 0 aliphatic carbocycles. The third kappa shape index (κ3) is 2.73. The molecule has 2 aromatic rings. The topological polar surface area (TPSA) is 46.5 Å². The number of aryl methyl sites for hydroxylation is 2. The smallest absolute Gasteiger partial charge is 0.153 e. The van der Waals surface area contributed by atoms with E-state index >= 15 is 0 Å². The Bertz CT molecular complexity index is 610. The molecule has 20 heavy (non-hydrogen) atoms. The normalized spacial score (nSPS) is 12.0. The van der Waals surface area contributed by atoms with Crippen molar-refractivity contribution in [2.24, 2.45) is 0 Å². The van der Waals surface area contributed by atoms with Gasteiger partial charge in [0.25, 0.3) is 0 Å². The van der Waals surface area contributed by atoms with Crippen molar-refractivity contribution < 1.29 is 14.6 Å². The van der Waals surface area contributed by atoms with Crippen LogP contribution in [-0.4, -0.2) is 11.4 Å². The Kier molecular flexibility index (Phi) is 4.20. The molecule has 3 heteroatoms. The summed E-state index contributed by atoms with van der Waals surface area (Å²) in [5.41, 5.74) is 3.02. The lowest BCUT2D eigenvalue weighted by Crippen LogP contribution is -2.01. The van der Waals surface area contributed by atoms with Gasteiger partial charge in [0, 0.05) is 5.56 Å². The number of aliphatic hydroxyl groups excluding tert-OH is 1. The average Bonchev–Trinajstić information content (AvgIpc) is 2.42. The highest BCUT2D eigenvalue weighted by Gasteiger charge is 2.16. The van der Waals surface area contributed by atoms with Crippen LogP contribution in [0.5, 0.6) is 11.5 Å². The third-order valence-electron chi connectivity index (χ3n) is 3.27. The molecule has 2 aromatic carbocycles. The van der Waals surface area contributed by atoms with Crippen LogP contribution in [0.2, 0.25) is 0 Å². The van der Waals surface area contributed by atoms with E-state index in [1.807, 2.05) is 32.0 Å². The summed E-state index contributed by atoms with van der Waals surface area (Å²) in [6, 6.07) is 11.0. The summed E-state index contributed by atoms with van der Waals surface area (Å²) in [5, 5.41) is 9.85. The van der Waals surface area contributed by atoms with Crippen LogP contribution in [0.3, 0.4) is 0 Å². The molecule has 104 valence electrons. The number of hydrogen-bond donors (Lipinski definition) is 1. The van der Waals surface area contributed by atoms with Crippen LogP contribution >= 0.6 is 0 Å². The van der Waals surface area contributed by atoms with Crippen molar-refractivity contribution >= 4 is 6.29 Å². The molecule has 1 atom stereocenters. The van der Waals surface area contributed by atoms with Gasteiger partial charge in [-0.05, 0) is 38.0 Å². The lowest BCUT2D eigenvalue weighted by Gasteiger charge is -2.17. The van der Waals surface area contributed by atoms with Gasteiger partial charge in [-0.15, -0.1) is 0 Å². The Labute approximate surface area is 118 Å². The fourth-order valence-electron chi connectivity index (χ4n) is 2.18. The van der Waals surface area contributed by atoms with Gasteiger partial charge in [-0.2, -0.15) is 0 Å². The Morgan fingerprint density at radius 3 is 2.20 bits per heavy atom. The zero-order valence-electron chi connectivity index (χ0n) is 11.9. The van der Waals surface area contributed by atoms with Crippen molar-refractivity contribution in [1.29, 1.82) is 0 Å². The van der Waals surface area contributed by atoms with Crippen molar-refractivity contribution in [2.75, 3.05) is 0 Å². The number of aldehydes is 1. The predicted octanol–water partition coefficient (Wildman–Crippen LogP) is 3.96. The van der Waals surface area contributed by atoms with Crippen LogP contribution in [0.1, 0.15) is 40.1 Å². The van der Waals surface area contributed by atoms with E-state index in [4.69, 9.17) is 4.74 Å². The Hall–Kier alpha value is -2.13. The van der Waals surface area contributed by atoms with Gasteiger partial charge in [0.15, 0.2) is 6.29 Å². The monoisotopic (exact) mass is 270 g/mol. The predicted molar refractivity (Wildman–Crippen MR) is 78.5 cm³/mol. The fourth-order valence-corrected chi connectivity index (χ4v) is 2.18. The summed E-state index contributed by atoms with van der Waals surface area (Å²) in [5.74, 6) is 1.15. The summed E-state index contributed by atoms with van der Waals surface area (Å²) < 4.78 is 5.96. The molecule has 0 fully saturated rings. The van der Waals surface area contributed by atoms with Gasteiger partial charge >= 0.3 is 0 Å². The second-order valence-electron chi connectivity index (χ2n) is 4.88. The van der Waals surface area contributed by atoms with Crippen LogP contribution in [0.15, 0.2) is 36.4 Å². The molecule has 3 nitrogen and oxygen atoms in total. The minimum absolute atomic E-state index is 0.426. The average molecular weight is 270 g/mol. The highest BCUT2D eigenvalue weighted by molar-refractivity contribution is 5.80. The molecule has 0 saturated heterocycles.